The molecule has 1 N–H and O–H groups in total. The highest BCUT2D eigenvalue weighted by molar-refractivity contribution is 5.87. The van der Waals surface area contributed by atoms with Crippen LogP contribution in [0.5, 0.6) is 0 Å². The Hall–Kier alpha value is -2.14. The minimum Gasteiger partial charge on any atom is -0.464 e. The van der Waals surface area contributed by atoms with Crippen molar-refractivity contribution in [2.24, 2.45) is 5.41 Å². The predicted octanol–water partition coefficient (Wildman–Crippen LogP) is 2.90. The average Bonchev–Trinajstić information content (AvgIpc) is 2.94. The highest BCUT2D eigenvalue weighted by Crippen LogP contribution is 2.52. The van der Waals surface area contributed by atoms with Gasteiger partial charge in [0.1, 0.15) is 5.69 Å². The number of carbonyl (C=O) groups is 1. The van der Waals surface area contributed by atoms with Gasteiger partial charge in [-0.05, 0) is 29.9 Å². The summed E-state index contributed by atoms with van der Waals surface area (Å²) in [6.07, 6.45) is 3.77. The molecule has 0 saturated heterocycles. The molecule has 2 atom stereocenters. The molecule has 0 bridgehead atoms. The molecule has 1 aromatic heterocycles. The first-order valence-corrected chi connectivity index (χ1v) is 7.70. The van der Waals surface area contributed by atoms with Crippen molar-refractivity contribution in [3.63, 3.8) is 0 Å². The molecule has 0 saturated carbocycles. The third-order valence-electron chi connectivity index (χ3n) is 4.71. The van der Waals surface area contributed by atoms with Crippen LogP contribution in [0.15, 0.2) is 36.8 Å². The van der Waals surface area contributed by atoms with Gasteiger partial charge >= 0.3 is 5.97 Å². The quantitative estimate of drug-likeness (QED) is 0.866. The number of ether oxygens (including phenoxy) is 1. The van der Waals surface area contributed by atoms with Crippen LogP contribution in [0.25, 0.3) is 0 Å². The van der Waals surface area contributed by atoms with Gasteiger partial charge in [-0.3, -0.25) is 0 Å². The standard InChI is InChI=1S/C18H22N2O3/c1-17(2)10-18(3,22)13-8-6-5-7-12(13)15(17)20-11-19-9-14(20)16(21)23-4/h5-9,11,15,22H,10H2,1-4H3/t15-,18-/m0/s1. The van der Waals surface area contributed by atoms with Crippen LogP contribution in [0.3, 0.4) is 0 Å². The minimum atomic E-state index is -0.900. The molecular weight excluding hydrogens is 292 g/mol. The summed E-state index contributed by atoms with van der Waals surface area (Å²) in [6, 6.07) is 7.74. The first-order valence-electron chi connectivity index (χ1n) is 7.70. The van der Waals surface area contributed by atoms with Crippen LogP contribution in [0, 0.1) is 5.41 Å². The summed E-state index contributed by atoms with van der Waals surface area (Å²) in [6.45, 7) is 6.05. The molecule has 1 aliphatic rings. The molecule has 23 heavy (non-hydrogen) atoms. The second kappa shape index (κ2) is 5.20. The maximum Gasteiger partial charge on any atom is 0.356 e. The van der Waals surface area contributed by atoms with E-state index in [2.05, 4.69) is 18.8 Å². The summed E-state index contributed by atoms with van der Waals surface area (Å²) in [5, 5.41) is 10.9. The van der Waals surface area contributed by atoms with Crippen LogP contribution in [0.4, 0.5) is 0 Å². The van der Waals surface area contributed by atoms with E-state index in [4.69, 9.17) is 4.74 Å². The Balaban J connectivity index is 2.22. The van der Waals surface area contributed by atoms with Crippen molar-refractivity contribution in [2.75, 3.05) is 7.11 Å². The van der Waals surface area contributed by atoms with Crippen molar-refractivity contribution in [3.8, 4) is 0 Å². The van der Waals surface area contributed by atoms with Crippen molar-refractivity contribution in [1.29, 1.82) is 0 Å². The number of hydrogen-bond donors (Lipinski definition) is 1. The molecule has 1 aromatic carbocycles. The van der Waals surface area contributed by atoms with Crippen LogP contribution in [0.1, 0.15) is 54.8 Å². The molecule has 0 unspecified atom stereocenters. The molecule has 0 amide bonds. The van der Waals surface area contributed by atoms with E-state index < -0.39 is 11.6 Å². The molecule has 2 aromatic rings. The maximum atomic E-state index is 12.1. The molecule has 3 rings (SSSR count). The fourth-order valence-corrected chi connectivity index (χ4v) is 4.03. The smallest absolute Gasteiger partial charge is 0.356 e. The third kappa shape index (κ3) is 2.45. The van der Waals surface area contributed by atoms with Crippen LogP contribution in [-0.2, 0) is 10.3 Å². The van der Waals surface area contributed by atoms with E-state index in [1.165, 1.54) is 13.3 Å². The van der Waals surface area contributed by atoms with Gasteiger partial charge in [0.15, 0.2) is 0 Å². The van der Waals surface area contributed by atoms with Crippen molar-refractivity contribution in [3.05, 3.63) is 53.6 Å². The van der Waals surface area contributed by atoms with Crippen molar-refractivity contribution < 1.29 is 14.6 Å². The first-order chi connectivity index (χ1) is 10.8. The average molecular weight is 314 g/mol. The number of nitrogens with zero attached hydrogens (tertiary/aromatic N) is 2. The number of aromatic nitrogens is 2. The zero-order valence-electron chi connectivity index (χ0n) is 13.9. The summed E-state index contributed by atoms with van der Waals surface area (Å²) in [5.74, 6) is -0.409. The molecular formula is C18H22N2O3. The highest BCUT2D eigenvalue weighted by atomic mass is 16.5. The number of benzene rings is 1. The van der Waals surface area contributed by atoms with Gasteiger partial charge in [-0.1, -0.05) is 38.1 Å². The first kappa shape index (κ1) is 15.7. The van der Waals surface area contributed by atoms with Crippen LogP contribution >= 0.6 is 0 Å². The van der Waals surface area contributed by atoms with Gasteiger partial charge in [-0.15, -0.1) is 0 Å². The summed E-state index contributed by atoms with van der Waals surface area (Å²) < 4.78 is 6.74. The van der Waals surface area contributed by atoms with Crippen molar-refractivity contribution >= 4 is 5.97 Å². The summed E-state index contributed by atoms with van der Waals surface area (Å²) in [7, 11) is 1.37. The Morgan fingerprint density at radius 1 is 1.35 bits per heavy atom. The van der Waals surface area contributed by atoms with E-state index in [1.807, 2.05) is 35.8 Å². The largest absolute Gasteiger partial charge is 0.464 e. The minimum absolute atomic E-state index is 0.101. The van der Waals surface area contributed by atoms with Crippen LogP contribution < -0.4 is 0 Å². The van der Waals surface area contributed by atoms with Gasteiger partial charge in [0.2, 0.25) is 0 Å². The van der Waals surface area contributed by atoms with Crippen LogP contribution in [-0.4, -0.2) is 27.7 Å². The maximum absolute atomic E-state index is 12.1. The topological polar surface area (TPSA) is 64.3 Å². The van der Waals surface area contributed by atoms with E-state index in [-0.39, 0.29) is 11.5 Å². The Bertz CT molecular complexity index is 746. The monoisotopic (exact) mass is 314 g/mol. The van der Waals surface area contributed by atoms with Gasteiger partial charge < -0.3 is 14.4 Å². The van der Waals surface area contributed by atoms with E-state index in [0.717, 1.165) is 11.1 Å². The van der Waals surface area contributed by atoms with Crippen molar-refractivity contribution in [2.45, 2.75) is 38.8 Å². The lowest BCUT2D eigenvalue weighted by Gasteiger charge is -2.47. The van der Waals surface area contributed by atoms with Crippen LogP contribution in [0.2, 0.25) is 0 Å². The van der Waals surface area contributed by atoms with Gasteiger partial charge in [0.05, 0.1) is 31.3 Å². The van der Waals surface area contributed by atoms with E-state index >= 15 is 0 Å². The van der Waals surface area contributed by atoms with E-state index in [1.54, 1.807) is 6.33 Å². The van der Waals surface area contributed by atoms with E-state index in [9.17, 15) is 9.90 Å². The summed E-state index contributed by atoms with van der Waals surface area (Å²) in [5.41, 5.74) is 1.16. The second-order valence-electron chi connectivity index (χ2n) is 7.11. The van der Waals surface area contributed by atoms with Gasteiger partial charge in [-0.25, -0.2) is 9.78 Å². The number of imidazole rings is 1. The SMILES string of the molecule is COC(=O)c1cncn1[C@H]1c2ccccc2[C@@](C)(O)CC1(C)C. The molecule has 0 fully saturated rings. The lowest BCUT2D eigenvalue weighted by atomic mass is 9.64. The Kier molecular flexibility index (Phi) is 3.56. The molecule has 0 radical (unpaired) electrons. The molecule has 1 aliphatic carbocycles. The molecule has 5 nitrogen and oxygen atoms in total. The fourth-order valence-electron chi connectivity index (χ4n) is 4.03. The second-order valence-corrected chi connectivity index (χ2v) is 7.11. The number of rotatable bonds is 2. The predicted molar refractivity (Wildman–Crippen MR) is 86.1 cm³/mol. The molecule has 0 aliphatic heterocycles. The summed E-state index contributed by atoms with van der Waals surface area (Å²) >= 11 is 0. The molecule has 0 spiro atoms. The zero-order chi connectivity index (χ0) is 16.8. The zero-order valence-corrected chi connectivity index (χ0v) is 13.9. The normalized spacial score (nSPS) is 25.7. The summed E-state index contributed by atoms with van der Waals surface area (Å²) in [4.78, 5) is 16.2. The van der Waals surface area contributed by atoms with E-state index in [0.29, 0.717) is 12.1 Å². The number of methoxy groups -OCH3 is 1. The lowest BCUT2D eigenvalue weighted by Crippen LogP contribution is -2.42. The number of esters is 1. The van der Waals surface area contributed by atoms with Gasteiger partial charge in [0.25, 0.3) is 0 Å². The third-order valence-corrected chi connectivity index (χ3v) is 4.71. The Morgan fingerprint density at radius 2 is 2.04 bits per heavy atom. The Labute approximate surface area is 135 Å². The van der Waals surface area contributed by atoms with Crippen molar-refractivity contribution in [1.82, 2.24) is 9.55 Å². The molecule has 5 heteroatoms. The van der Waals surface area contributed by atoms with Gasteiger partial charge in [-0.2, -0.15) is 0 Å². The number of hydrogen-bond acceptors (Lipinski definition) is 4. The number of aliphatic hydroxyl groups is 1. The Morgan fingerprint density at radius 3 is 2.74 bits per heavy atom. The molecule has 122 valence electrons. The number of carbonyl (C=O) groups excluding carboxylic acids is 1. The fraction of sp³-hybridized carbons (Fsp3) is 0.444. The number of fused-ring (bicyclic) bond motifs is 1. The van der Waals surface area contributed by atoms with Gasteiger partial charge in [0, 0.05) is 0 Å². The lowest BCUT2D eigenvalue weighted by molar-refractivity contribution is -0.0169. The highest BCUT2D eigenvalue weighted by Gasteiger charge is 2.46. The molecule has 1 heterocycles.